The topological polar surface area (TPSA) is 122 Å². The minimum absolute atomic E-state index is 0.270. The van der Waals surface area contributed by atoms with E-state index in [2.05, 4.69) is 10.6 Å². The molecule has 0 spiro atoms. The minimum Gasteiger partial charge on any atom is -0.480 e. The quantitative estimate of drug-likeness (QED) is 0.297. The Kier molecular flexibility index (Phi) is 5.23. The predicted molar refractivity (Wildman–Crippen MR) is 47.3 cm³/mol. The van der Waals surface area contributed by atoms with Gasteiger partial charge in [0.25, 0.3) is 0 Å². The monoisotopic (exact) mass is 207 g/mol. The van der Waals surface area contributed by atoms with Crippen molar-refractivity contribution in [1.29, 1.82) is 0 Å². The molecule has 0 saturated heterocycles. The highest BCUT2D eigenvalue weighted by Gasteiger charge is 2.09. The first-order valence-corrected chi connectivity index (χ1v) is 3.95. The summed E-state index contributed by atoms with van der Waals surface area (Å²) in [7, 11) is 0. The number of nitrogens with one attached hydrogen (secondary N) is 2. The van der Waals surface area contributed by atoms with Gasteiger partial charge in [-0.15, -0.1) is 0 Å². The first-order valence-electron chi connectivity index (χ1n) is 3.95. The standard InChI is InChI=1S/C7H13N3O4/c1-4(8)7(14)10-2-5(11)9-3-6(12)13/h4H,2-3,8H2,1H3,(H,9,11)(H,10,14)(H,12,13)/t4-/m0/s1/i2+1,4+1,9+1,10+1. The summed E-state index contributed by atoms with van der Waals surface area (Å²) in [5.41, 5.74) is 5.21. The van der Waals surface area contributed by atoms with Crippen molar-refractivity contribution < 1.29 is 19.5 Å². The molecule has 5 N–H and O–H groups in total. The molecule has 80 valence electrons. The molecule has 7 nitrogen and oxygen atoms in total. The highest BCUT2D eigenvalue weighted by atomic mass is 16.4. The number of hydrogen-bond donors (Lipinski definition) is 4. The SMILES string of the molecule is C[13C@H](N)C(=O)[15NH][13CH2]C(=O)[15NH]CC(=O)O. The van der Waals surface area contributed by atoms with Crippen molar-refractivity contribution >= 4 is 17.8 Å². The van der Waals surface area contributed by atoms with Crippen LogP contribution < -0.4 is 16.4 Å². The zero-order valence-corrected chi connectivity index (χ0v) is 7.74. The molecule has 0 aliphatic rings. The van der Waals surface area contributed by atoms with Gasteiger partial charge in [-0.25, -0.2) is 0 Å². The van der Waals surface area contributed by atoms with Gasteiger partial charge < -0.3 is 21.5 Å². The van der Waals surface area contributed by atoms with Gasteiger partial charge in [-0.05, 0) is 6.92 Å². The Morgan fingerprint density at radius 3 is 2.29 bits per heavy atom. The maximum absolute atomic E-state index is 10.9. The summed E-state index contributed by atoms with van der Waals surface area (Å²) in [4.78, 5) is 31.7. The molecule has 1 atom stereocenters. The van der Waals surface area contributed by atoms with E-state index in [4.69, 9.17) is 10.8 Å². The molecule has 0 saturated carbocycles. The molecule has 0 aromatic rings. The first-order chi connectivity index (χ1) is 6.43. The van der Waals surface area contributed by atoms with Gasteiger partial charge in [0.15, 0.2) is 0 Å². The first kappa shape index (κ1) is 12.4. The average Bonchev–Trinajstić information content (AvgIpc) is 2.10. The van der Waals surface area contributed by atoms with Crippen LogP contribution in [0.1, 0.15) is 6.92 Å². The lowest BCUT2D eigenvalue weighted by Gasteiger charge is -2.06. The second-order valence-corrected chi connectivity index (χ2v) is 2.68. The number of carboxylic acids is 1. The van der Waals surface area contributed by atoms with Crippen LogP contribution in [0.2, 0.25) is 0 Å². The van der Waals surface area contributed by atoms with E-state index in [1.807, 2.05) is 0 Å². The van der Waals surface area contributed by atoms with E-state index in [1.54, 1.807) is 0 Å². The van der Waals surface area contributed by atoms with Crippen LogP contribution in [0.4, 0.5) is 0 Å². The normalized spacial score (nSPS) is 11.6. The largest absolute Gasteiger partial charge is 0.480 e. The van der Waals surface area contributed by atoms with Gasteiger partial charge in [0.2, 0.25) is 11.8 Å². The number of nitrogens with two attached hydrogens (primary N) is 1. The summed E-state index contributed by atoms with van der Waals surface area (Å²) in [6.45, 7) is 0.741. The predicted octanol–water partition coefficient (Wildman–Crippen LogP) is -2.35. The fourth-order valence-electron chi connectivity index (χ4n) is 0.565. The number of rotatable bonds is 5. The zero-order valence-electron chi connectivity index (χ0n) is 7.74. The number of carbonyl (C=O) groups excluding carboxylic acids is 2. The molecular weight excluding hydrogens is 194 g/mol. The van der Waals surface area contributed by atoms with Gasteiger partial charge in [-0.2, -0.15) is 0 Å². The van der Waals surface area contributed by atoms with E-state index in [-0.39, 0.29) is 6.54 Å². The number of hydrogen-bond acceptors (Lipinski definition) is 4. The Balaban J connectivity index is 3.64. The molecule has 7 heteroatoms. The summed E-state index contributed by atoms with van der Waals surface area (Å²) in [5.74, 6) is -2.17. The van der Waals surface area contributed by atoms with Gasteiger partial charge >= 0.3 is 5.97 Å². The molecule has 0 fully saturated rings. The van der Waals surface area contributed by atoms with Crippen LogP contribution in [0.25, 0.3) is 0 Å². The molecule has 0 radical (unpaired) electrons. The lowest BCUT2D eigenvalue weighted by Crippen LogP contribution is -2.44. The zero-order chi connectivity index (χ0) is 11.1. The fraction of sp³-hybridized carbons (Fsp3) is 0.571. The molecule has 14 heavy (non-hydrogen) atoms. The Morgan fingerprint density at radius 2 is 1.86 bits per heavy atom. The highest BCUT2D eigenvalue weighted by Crippen LogP contribution is 1.74. The molecular formula is C7H13N3O4. The molecule has 0 bridgehead atoms. The van der Waals surface area contributed by atoms with E-state index in [1.165, 1.54) is 6.92 Å². The fourth-order valence-corrected chi connectivity index (χ4v) is 0.565. The summed E-state index contributed by atoms with van der Waals surface area (Å²) in [6.07, 6.45) is 0. The van der Waals surface area contributed by atoms with E-state index < -0.39 is 30.4 Å². The van der Waals surface area contributed by atoms with Crippen LogP contribution in [-0.4, -0.2) is 42.0 Å². The second kappa shape index (κ2) is 5.92. The molecule has 0 rings (SSSR count). The Labute approximate surface area is 80.6 Å². The summed E-state index contributed by atoms with van der Waals surface area (Å²) < 4.78 is 0. The van der Waals surface area contributed by atoms with Crippen molar-refractivity contribution in [3.63, 3.8) is 0 Å². The third-order valence-electron chi connectivity index (χ3n) is 1.27. The van der Waals surface area contributed by atoms with Crippen molar-refractivity contribution in [1.82, 2.24) is 10.6 Å². The van der Waals surface area contributed by atoms with Gasteiger partial charge in [0.1, 0.15) is 6.54 Å². The van der Waals surface area contributed by atoms with Crippen molar-refractivity contribution in [3.8, 4) is 0 Å². The van der Waals surface area contributed by atoms with Crippen molar-refractivity contribution in [2.75, 3.05) is 13.1 Å². The van der Waals surface area contributed by atoms with Gasteiger partial charge in [-0.3, -0.25) is 14.4 Å². The summed E-state index contributed by atoms with van der Waals surface area (Å²) in [6, 6.07) is -0.692. The average molecular weight is 207 g/mol. The minimum atomic E-state index is -1.14. The molecule has 0 heterocycles. The third kappa shape index (κ3) is 5.95. The highest BCUT2D eigenvalue weighted by molar-refractivity contribution is 5.88. The number of carboxylic acid groups (broad SMARTS) is 1. The third-order valence-corrected chi connectivity index (χ3v) is 1.27. The van der Waals surface area contributed by atoms with Crippen LogP contribution in [-0.2, 0) is 14.4 Å². The van der Waals surface area contributed by atoms with Gasteiger partial charge in [0.05, 0.1) is 12.6 Å². The van der Waals surface area contributed by atoms with Gasteiger partial charge in [-0.1, -0.05) is 0 Å². The number of amides is 2. The van der Waals surface area contributed by atoms with Crippen LogP contribution >= 0.6 is 0 Å². The van der Waals surface area contributed by atoms with Crippen LogP contribution in [0.5, 0.6) is 0 Å². The lowest BCUT2D eigenvalue weighted by atomic mass is 10.7. The maximum atomic E-state index is 10.9. The second-order valence-electron chi connectivity index (χ2n) is 2.68. The van der Waals surface area contributed by atoms with E-state index in [0.717, 1.165) is 0 Å². The van der Waals surface area contributed by atoms with Crippen molar-refractivity contribution in [2.45, 2.75) is 13.0 Å². The van der Waals surface area contributed by atoms with Crippen LogP contribution in [0.3, 0.4) is 0 Å². The summed E-state index contributed by atoms with van der Waals surface area (Å²) in [5, 5.41) is 12.5. The van der Waals surface area contributed by atoms with E-state index in [0.29, 0.717) is 0 Å². The molecule has 0 aromatic heterocycles. The number of aliphatic carboxylic acids is 1. The maximum Gasteiger partial charge on any atom is 0.322 e. The molecule has 0 aliphatic heterocycles. The Hall–Kier alpha value is -1.63. The number of carbonyl (C=O) groups is 3. The van der Waals surface area contributed by atoms with Crippen molar-refractivity contribution in [3.05, 3.63) is 0 Å². The molecule has 0 aromatic carbocycles. The lowest BCUT2D eigenvalue weighted by molar-refractivity contribution is -0.137. The smallest absolute Gasteiger partial charge is 0.322 e. The van der Waals surface area contributed by atoms with Gasteiger partial charge in [0, 0.05) is 0 Å². The Morgan fingerprint density at radius 1 is 1.29 bits per heavy atom. The van der Waals surface area contributed by atoms with E-state index in [9.17, 15) is 14.4 Å². The Bertz CT molecular complexity index is 239. The van der Waals surface area contributed by atoms with E-state index >= 15 is 0 Å². The summed E-state index contributed by atoms with van der Waals surface area (Å²) >= 11 is 0. The molecule has 2 amide bonds. The van der Waals surface area contributed by atoms with Crippen LogP contribution in [0.15, 0.2) is 0 Å². The van der Waals surface area contributed by atoms with Crippen molar-refractivity contribution in [2.24, 2.45) is 5.73 Å². The molecule has 0 unspecified atom stereocenters. The van der Waals surface area contributed by atoms with Crippen LogP contribution in [0, 0.1) is 0 Å². The molecule has 0 aliphatic carbocycles.